The summed E-state index contributed by atoms with van der Waals surface area (Å²) in [6, 6.07) is 6.34. The molecule has 1 amide bonds. The fourth-order valence-electron chi connectivity index (χ4n) is 3.78. The third-order valence-electron chi connectivity index (χ3n) is 5.50. The van der Waals surface area contributed by atoms with Crippen LogP contribution in [-0.4, -0.2) is 24.2 Å². The fraction of sp³-hybridized carbons (Fsp3) is 0.545. The molecule has 2 aromatic heterocycles. The van der Waals surface area contributed by atoms with Crippen molar-refractivity contribution in [3.05, 3.63) is 38.4 Å². The largest absolute Gasteiger partial charge is 0.396 e. The third kappa shape index (κ3) is 5.26. The van der Waals surface area contributed by atoms with Gasteiger partial charge in [-0.15, -0.1) is 22.7 Å². The number of rotatable bonds is 8. The van der Waals surface area contributed by atoms with E-state index in [1.54, 1.807) is 22.7 Å². The van der Waals surface area contributed by atoms with Gasteiger partial charge in [-0.2, -0.15) is 5.26 Å². The van der Waals surface area contributed by atoms with E-state index in [0.717, 1.165) is 36.1 Å². The number of hydrogen-bond donors (Lipinski definition) is 3. The average molecular weight is 432 g/mol. The van der Waals surface area contributed by atoms with E-state index in [1.165, 1.54) is 11.3 Å². The summed E-state index contributed by atoms with van der Waals surface area (Å²) in [6.45, 7) is 4.59. The number of nitrogens with one attached hydrogen (secondary N) is 2. The summed E-state index contributed by atoms with van der Waals surface area (Å²) in [5, 5.41) is 28.5. The van der Waals surface area contributed by atoms with Crippen LogP contribution in [0.15, 0.2) is 17.5 Å². The van der Waals surface area contributed by atoms with Gasteiger partial charge in [-0.3, -0.25) is 4.79 Å². The van der Waals surface area contributed by atoms with Crippen molar-refractivity contribution in [1.82, 2.24) is 5.32 Å². The van der Waals surface area contributed by atoms with Crippen LogP contribution in [0.2, 0.25) is 0 Å². The molecule has 0 bridgehead atoms. The highest BCUT2D eigenvalue weighted by molar-refractivity contribution is 7.16. The minimum Gasteiger partial charge on any atom is -0.396 e. The predicted molar refractivity (Wildman–Crippen MR) is 119 cm³/mol. The number of carbonyl (C=O) groups is 1. The van der Waals surface area contributed by atoms with Gasteiger partial charge in [-0.1, -0.05) is 26.3 Å². The van der Waals surface area contributed by atoms with Crippen LogP contribution in [0.3, 0.4) is 0 Å². The van der Waals surface area contributed by atoms with Crippen LogP contribution in [0.1, 0.15) is 66.5 Å². The monoisotopic (exact) mass is 431 g/mol. The molecule has 3 rings (SSSR count). The topological polar surface area (TPSA) is 85.2 Å². The molecule has 1 aliphatic carbocycles. The molecule has 0 fully saturated rings. The van der Waals surface area contributed by atoms with E-state index in [-0.39, 0.29) is 24.0 Å². The molecule has 0 aromatic carbocycles. The molecule has 2 heterocycles. The lowest BCUT2D eigenvalue weighted by Gasteiger charge is -2.33. The zero-order chi connectivity index (χ0) is 20.9. The molecule has 1 atom stereocenters. The minimum absolute atomic E-state index is 0.0206. The zero-order valence-electron chi connectivity index (χ0n) is 17.1. The van der Waals surface area contributed by atoms with Gasteiger partial charge < -0.3 is 15.7 Å². The molecular weight excluding hydrogens is 402 g/mol. The van der Waals surface area contributed by atoms with Gasteiger partial charge in [-0.05, 0) is 42.7 Å². The third-order valence-corrected chi connectivity index (χ3v) is 7.65. The first-order chi connectivity index (χ1) is 14.0. The van der Waals surface area contributed by atoms with Crippen LogP contribution in [0, 0.1) is 16.7 Å². The number of nitriles is 1. The molecule has 7 heteroatoms. The molecule has 3 N–H and O–H groups in total. The van der Waals surface area contributed by atoms with Gasteiger partial charge in [0.2, 0.25) is 5.91 Å². The summed E-state index contributed by atoms with van der Waals surface area (Å²) in [5.74, 6) is -0.0860. The highest BCUT2D eigenvalue weighted by Gasteiger charge is 2.30. The van der Waals surface area contributed by atoms with Gasteiger partial charge in [0.15, 0.2) is 0 Å². The van der Waals surface area contributed by atoms with Crippen LogP contribution >= 0.6 is 22.7 Å². The maximum absolute atomic E-state index is 12.5. The van der Waals surface area contributed by atoms with Crippen molar-refractivity contribution >= 4 is 33.6 Å². The Balaban J connectivity index is 1.61. The molecule has 0 spiro atoms. The van der Waals surface area contributed by atoms with Crippen molar-refractivity contribution in [2.24, 2.45) is 5.41 Å². The molecule has 1 unspecified atom stereocenters. The number of aryl methyl sites for hydroxylation is 1. The average Bonchev–Trinajstić information content (AvgIpc) is 3.27. The fourth-order valence-corrected chi connectivity index (χ4v) is 6.04. The Bertz CT molecular complexity index is 865. The molecule has 0 saturated heterocycles. The Kier molecular flexibility index (Phi) is 7.47. The maximum atomic E-state index is 12.5. The quantitative estimate of drug-likeness (QED) is 0.532. The van der Waals surface area contributed by atoms with Gasteiger partial charge in [0.05, 0.1) is 12.2 Å². The van der Waals surface area contributed by atoms with Gasteiger partial charge in [0.1, 0.15) is 11.1 Å². The molecule has 0 aliphatic heterocycles. The number of fused-ring (bicyclic) bond motifs is 1. The van der Waals surface area contributed by atoms with Gasteiger partial charge in [-0.25, -0.2) is 0 Å². The van der Waals surface area contributed by atoms with E-state index in [4.69, 9.17) is 0 Å². The summed E-state index contributed by atoms with van der Waals surface area (Å²) in [5.41, 5.74) is 1.47. The summed E-state index contributed by atoms with van der Waals surface area (Å²) in [7, 11) is 0. The molecule has 1 aliphatic rings. The highest BCUT2D eigenvalue weighted by Crippen LogP contribution is 2.37. The summed E-state index contributed by atoms with van der Waals surface area (Å²) in [4.78, 5) is 15.0. The standard InChI is InChI=1S/C22H29N3O2S2/c1-22(2,14-26)20(18-9-6-12-28-18)24-11-10-19(27)25-21-16(13-23)15-7-4-3-5-8-17(15)29-21/h6,9,12,20,24,26H,3-5,7-8,10-11,14H2,1-2H3,(H,25,27). The van der Waals surface area contributed by atoms with Crippen LogP contribution < -0.4 is 10.6 Å². The summed E-state index contributed by atoms with van der Waals surface area (Å²) < 4.78 is 0. The van der Waals surface area contributed by atoms with Crippen molar-refractivity contribution in [1.29, 1.82) is 5.26 Å². The van der Waals surface area contributed by atoms with Crippen molar-refractivity contribution in [3.63, 3.8) is 0 Å². The van der Waals surface area contributed by atoms with Crippen LogP contribution in [0.5, 0.6) is 0 Å². The Morgan fingerprint density at radius 3 is 2.83 bits per heavy atom. The molecule has 0 saturated carbocycles. The van der Waals surface area contributed by atoms with Crippen LogP contribution in [0.25, 0.3) is 0 Å². The van der Waals surface area contributed by atoms with E-state index in [2.05, 4.69) is 22.8 Å². The Morgan fingerprint density at radius 1 is 1.34 bits per heavy atom. The Morgan fingerprint density at radius 2 is 2.14 bits per heavy atom. The Hall–Kier alpha value is -1.72. The number of amides is 1. The van der Waals surface area contributed by atoms with Gasteiger partial charge in [0.25, 0.3) is 0 Å². The summed E-state index contributed by atoms with van der Waals surface area (Å²) >= 11 is 3.22. The van der Waals surface area contributed by atoms with E-state index in [9.17, 15) is 15.2 Å². The molecule has 156 valence electrons. The SMILES string of the molecule is CC(C)(CO)C(NCCC(=O)Nc1sc2c(c1C#N)CCCCC2)c1cccs1. The van der Waals surface area contributed by atoms with E-state index in [0.29, 0.717) is 23.5 Å². The van der Waals surface area contributed by atoms with Crippen LogP contribution in [-0.2, 0) is 17.6 Å². The number of aliphatic hydroxyl groups is 1. The zero-order valence-corrected chi connectivity index (χ0v) is 18.7. The second-order valence-corrected chi connectivity index (χ2v) is 10.3. The number of thiophene rings is 2. The van der Waals surface area contributed by atoms with Crippen molar-refractivity contribution in [2.75, 3.05) is 18.5 Å². The van der Waals surface area contributed by atoms with E-state index >= 15 is 0 Å². The lowest BCUT2D eigenvalue weighted by molar-refractivity contribution is -0.116. The molecule has 2 aromatic rings. The first-order valence-electron chi connectivity index (χ1n) is 10.2. The number of carbonyl (C=O) groups excluding carboxylic acids is 1. The number of anilines is 1. The van der Waals surface area contributed by atoms with Crippen LogP contribution in [0.4, 0.5) is 5.00 Å². The van der Waals surface area contributed by atoms with E-state index < -0.39 is 0 Å². The molecular formula is C22H29N3O2S2. The predicted octanol–water partition coefficient (Wildman–Crippen LogP) is 4.63. The second kappa shape index (κ2) is 9.86. The normalized spacial score (nSPS) is 15.2. The first-order valence-corrected chi connectivity index (χ1v) is 11.9. The van der Waals surface area contributed by atoms with Gasteiger partial charge >= 0.3 is 0 Å². The second-order valence-electron chi connectivity index (χ2n) is 8.23. The smallest absolute Gasteiger partial charge is 0.226 e. The van der Waals surface area contributed by atoms with E-state index in [1.807, 2.05) is 25.3 Å². The van der Waals surface area contributed by atoms with Crippen molar-refractivity contribution in [2.45, 2.75) is 58.4 Å². The number of nitrogens with zero attached hydrogens (tertiary/aromatic N) is 1. The van der Waals surface area contributed by atoms with Crippen molar-refractivity contribution in [3.8, 4) is 6.07 Å². The first kappa shape index (κ1) is 22.0. The number of aliphatic hydroxyl groups excluding tert-OH is 1. The molecule has 29 heavy (non-hydrogen) atoms. The minimum atomic E-state index is -0.333. The maximum Gasteiger partial charge on any atom is 0.226 e. The lowest BCUT2D eigenvalue weighted by atomic mass is 9.84. The number of hydrogen-bond acceptors (Lipinski definition) is 6. The molecule has 5 nitrogen and oxygen atoms in total. The lowest BCUT2D eigenvalue weighted by Crippen LogP contribution is -2.37. The van der Waals surface area contributed by atoms with Crippen molar-refractivity contribution < 1.29 is 9.90 Å². The summed E-state index contributed by atoms with van der Waals surface area (Å²) in [6.07, 6.45) is 5.72. The highest BCUT2D eigenvalue weighted by atomic mass is 32.1. The van der Waals surface area contributed by atoms with Gasteiger partial charge in [0, 0.05) is 34.2 Å². The Labute approximate surface area is 180 Å². The molecule has 0 radical (unpaired) electrons.